The lowest BCUT2D eigenvalue weighted by molar-refractivity contribution is -0.104. The van der Waals surface area contributed by atoms with Gasteiger partial charge in [-0.25, -0.2) is 0 Å². The van der Waals surface area contributed by atoms with Gasteiger partial charge in [-0.15, -0.1) is 0 Å². The van der Waals surface area contributed by atoms with Crippen LogP contribution in [0, 0.1) is 5.92 Å². The summed E-state index contributed by atoms with van der Waals surface area (Å²) in [6.45, 7) is 6.06. The van der Waals surface area contributed by atoms with Crippen LogP contribution < -0.4 is 0 Å². The molecule has 0 aliphatic heterocycles. The van der Waals surface area contributed by atoms with Crippen LogP contribution in [0.3, 0.4) is 0 Å². The second-order valence-corrected chi connectivity index (χ2v) is 3.58. The van der Waals surface area contributed by atoms with Crippen LogP contribution in [0.5, 0.6) is 0 Å². The molecule has 1 rings (SSSR count). The van der Waals surface area contributed by atoms with E-state index in [9.17, 15) is 4.79 Å². The molecule has 0 saturated heterocycles. The second-order valence-electron chi connectivity index (χ2n) is 3.58. The SMILES string of the molecule is C=C(C)C1CCC(=CC=O)CC1. The third kappa shape index (κ3) is 2.33. The van der Waals surface area contributed by atoms with Gasteiger partial charge in [-0.3, -0.25) is 4.79 Å². The summed E-state index contributed by atoms with van der Waals surface area (Å²) in [4.78, 5) is 10.2. The summed E-state index contributed by atoms with van der Waals surface area (Å²) in [7, 11) is 0. The summed E-state index contributed by atoms with van der Waals surface area (Å²) in [5.74, 6) is 0.689. The van der Waals surface area contributed by atoms with E-state index in [1.165, 1.54) is 24.0 Å². The van der Waals surface area contributed by atoms with Gasteiger partial charge in [-0.05, 0) is 44.6 Å². The van der Waals surface area contributed by atoms with Gasteiger partial charge >= 0.3 is 0 Å². The number of allylic oxidation sites excluding steroid dienone is 3. The van der Waals surface area contributed by atoms with Crippen molar-refractivity contribution >= 4 is 6.29 Å². The molecule has 1 heteroatoms. The van der Waals surface area contributed by atoms with Gasteiger partial charge in [-0.1, -0.05) is 17.7 Å². The normalized spacial score (nSPS) is 23.4. The van der Waals surface area contributed by atoms with Gasteiger partial charge in [0.25, 0.3) is 0 Å². The Morgan fingerprint density at radius 3 is 2.50 bits per heavy atom. The molecule has 0 unspecified atom stereocenters. The van der Waals surface area contributed by atoms with Gasteiger partial charge in [0.15, 0.2) is 0 Å². The van der Waals surface area contributed by atoms with Crippen molar-refractivity contribution in [1.29, 1.82) is 0 Å². The fraction of sp³-hybridized carbons (Fsp3) is 0.545. The van der Waals surface area contributed by atoms with E-state index in [1.807, 2.05) is 0 Å². The highest BCUT2D eigenvalue weighted by molar-refractivity contribution is 5.66. The lowest BCUT2D eigenvalue weighted by Gasteiger charge is -2.23. The molecular formula is C11H16O. The van der Waals surface area contributed by atoms with Crippen molar-refractivity contribution in [3.63, 3.8) is 0 Å². The molecule has 1 saturated carbocycles. The molecule has 0 bridgehead atoms. The summed E-state index contributed by atoms with van der Waals surface area (Å²) in [6.07, 6.45) is 7.13. The van der Waals surface area contributed by atoms with Gasteiger partial charge in [0.05, 0.1) is 0 Å². The van der Waals surface area contributed by atoms with Crippen molar-refractivity contribution < 1.29 is 4.79 Å². The Labute approximate surface area is 74.2 Å². The zero-order chi connectivity index (χ0) is 8.97. The largest absolute Gasteiger partial charge is 0.299 e. The molecule has 0 amide bonds. The second kappa shape index (κ2) is 4.24. The number of hydrogen-bond acceptors (Lipinski definition) is 1. The van der Waals surface area contributed by atoms with E-state index in [0.717, 1.165) is 19.1 Å². The van der Waals surface area contributed by atoms with Crippen molar-refractivity contribution in [2.75, 3.05) is 0 Å². The predicted octanol–water partition coefficient (Wildman–Crippen LogP) is 2.88. The Kier molecular flexibility index (Phi) is 3.27. The topological polar surface area (TPSA) is 17.1 Å². The average molecular weight is 164 g/mol. The highest BCUT2D eigenvalue weighted by atomic mass is 16.1. The fourth-order valence-corrected chi connectivity index (χ4v) is 1.74. The van der Waals surface area contributed by atoms with Crippen LogP contribution in [0.1, 0.15) is 32.6 Å². The number of carbonyl (C=O) groups excluding carboxylic acids is 1. The van der Waals surface area contributed by atoms with Crippen LogP contribution in [0.25, 0.3) is 0 Å². The first-order valence-corrected chi connectivity index (χ1v) is 4.52. The smallest absolute Gasteiger partial charge is 0.142 e. The molecule has 0 atom stereocenters. The molecule has 1 nitrogen and oxygen atoms in total. The van der Waals surface area contributed by atoms with Crippen molar-refractivity contribution in [3.8, 4) is 0 Å². The van der Waals surface area contributed by atoms with Crippen LogP contribution in [0.2, 0.25) is 0 Å². The van der Waals surface area contributed by atoms with Crippen molar-refractivity contribution in [1.82, 2.24) is 0 Å². The Hall–Kier alpha value is -0.850. The summed E-state index contributed by atoms with van der Waals surface area (Å²) in [6, 6.07) is 0. The zero-order valence-corrected chi connectivity index (χ0v) is 7.68. The van der Waals surface area contributed by atoms with E-state index in [-0.39, 0.29) is 0 Å². The monoisotopic (exact) mass is 164 g/mol. The average Bonchev–Trinajstić information content (AvgIpc) is 2.06. The Bertz CT molecular complexity index is 203. The van der Waals surface area contributed by atoms with E-state index in [0.29, 0.717) is 5.92 Å². The van der Waals surface area contributed by atoms with E-state index >= 15 is 0 Å². The van der Waals surface area contributed by atoms with E-state index in [1.54, 1.807) is 6.08 Å². The molecular weight excluding hydrogens is 148 g/mol. The van der Waals surface area contributed by atoms with Gasteiger partial charge < -0.3 is 0 Å². The lowest BCUT2D eigenvalue weighted by Crippen LogP contribution is -2.08. The van der Waals surface area contributed by atoms with Crippen molar-refractivity contribution in [3.05, 3.63) is 23.8 Å². The molecule has 1 fully saturated rings. The zero-order valence-electron chi connectivity index (χ0n) is 7.68. The standard InChI is InChI=1S/C11H16O/c1-9(2)11-5-3-10(4-6-11)7-8-12/h7-8,11H,1,3-6H2,2H3. The summed E-state index contributed by atoms with van der Waals surface area (Å²) in [5, 5.41) is 0. The van der Waals surface area contributed by atoms with E-state index in [2.05, 4.69) is 13.5 Å². The Balaban J connectivity index is 2.44. The molecule has 0 radical (unpaired) electrons. The first kappa shape index (κ1) is 9.24. The van der Waals surface area contributed by atoms with Crippen LogP contribution in [-0.4, -0.2) is 6.29 Å². The fourth-order valence-electron chi connectivity index (χ4n) is 1.74. The van der Waals surface area contributed by atoms with Crippen LogP contribution >= 0.6 is 0 Å². The van der Waals surface area contributed by atoms with Gasteiger partial charge in [0.2, 0.25) is 0 Å². The van der Waals surface area contributed by atoms with Gasteiger partial charge in [-0.2, -0.15) is 0 Å². The van der Waals surface area contributed by atoms with Gasteiger partial charge in [0.1, 0.15) is 6.29 Å². The quantitative estimate of drug-likeness (QED) is 0.348. The molecule has 0 aromatic heterocycles. The summed E-state index contributed by atoms with van der Waals surface area (Å²) in [5.41, 5.74) is 2.60. The minimum Gasteiger partial charge on any atom is -0.299 e. The van der Waals surface area contributed by atoms with E-state index < -0.39 is 0 Å². The molecule has 0 heterocycles. The number of carbonyl (C=O) groups is 1. The summed E-state index contributed by atoms with van der Waals surface area (Å²) < 4.78 is 0. The molecule has 0 spiro atoms. The summed E-state index contributed by atoms with van der Waals surface area (Å²) >= 11 is 0. The Morgan fingerprint density at radius 2 is 2.08 bits per heavy atom. The number of rotatable bonds is 2. The first-order chi connectivity index (χ1) is 5.74. The van der Waals surface area contributed by atoms with Crippen LogP contribution in [0.15, 0.2) is 23.8 Å². The number of hydrogen-bond donors (Lipinski definition) is 0. The minimum atomic E-state index is 0.689. The van der Waals surface area contributed by atoms with E-state index in [4.69, 9.17) is 0 Å². The molecule has 1 aliphatic carbocycles. The third-order valence-electron chi connectivity index (χ3n) is 2.63. The Morgan fingerprint density at radius 1 is 1.50 bits per heavy atom. The van der Waals surface area contributed by atoms with Crippen LogP contribution in [0.4, 0.5) is 0 Å². The molecule has 0 aromatic rings. The maximum absolute atomic E-state index is 10.2. The third-order valence-corrected chi connectivity index (χ3v) is 2.63. The molecule has 66 valence electrons. The van der Waals surface area contributed by atoms with Crippen molar-refractivity contribution in [2.45, 2.75) is 32.6 Å². The maximum Gasteiger partial charge on any atom is 0.142 e. The van der Waals surface area contributed by atoms with Crippen LogP contribution in [-0.2, 0) is 4.79 Å². The van der Waals surface area contributed by atoms with Crippen molar-refractivity contribution in [2.24, 2.45) is 5.92 Å². The maximum atomic E-state index is 10.2. The molecule has 0 N–H and O–H groups in total. The molecule has 12 heavy (non-hydrogen) atoms. The minimum absolute atomic E-state index is 0.689. The lowest BCUT2D eigenvalue weighted by atomic mass is 9.82. The predicted molar refractivity (Wildman–Crippen MR) is 50.9 cm³/mol. The molecule has 0 aromatic carbocycles. The highest BCUT2D eigenvalue weighted by Gasteiger charge is 2.16. The number of aldehydes is 1. The molecule has 1 aliphatic rings. The highest BCUT2D eigenvalue weighted by Crippen LogP contribution is 2.31. The first-order valence-electron chi connectivity index (χ1n) is 4.52. The van der Waals surface area contributed by atoms with Gasteiger partial charge in [0, 0.05) is 0 Å².